The van der Waals surface area contributed by atoms with Gasteiger partial charge in [0.25, 0.3) is 5.82 Å². The smallest absolute Gasteiger partial charge is 0.322 e. The van der Waals surface area contributed by atoms with Crippen LogP contribution in [0.1, 0.15) is 5.82 Å². The second kappa shape index (κ2) is 3.64. The van der Waals surface area contributed by atoms with Crippen LogP contribution in [0.3, 0.4) is 0 Å². The molecule has 0 spiro atoms. The number of aromatic nitrogens is 3. The van der Waals surface area contributed by atoms with Crippen LogP contribution in [0.2, 0.25) is 0 Å². The van der Waals surface area contributed by atoms with Crippen molar-refractivity contribution >= 4 is 5.97 Å². The van der Waals surface area contributed by atoms with Gasteiger partial charge < -0.3 is 10.8 Å². The molecule has 0 aliphatic heterocycles. The van der Waals surface area contributed by atoms with E-state index in [4.69, 9.17) is 16.1 Å². The highest BCUT2D eigenvalue weighted by Crippen LogP contribution is 1.90. The van der Waals surface area contributed by atoms with E-state index in [9.17, 15) is 4.79 Å². The summed E-state index contributed by atoms with van der Waals surface area (Å²) in [5, 5.41) is 20.5. The van der Waals surface area contributed by atoms with Crippen molar-refractivity contribution in [2.24, 2.45) is 5.73 Å². The number of carboxylic acid groups (broad SMARTS) is 1. The van der Waals surface area contributed by atoms with Crippen molar-refractivity contribution in [2.45, 2.75) is 12.6 Å². The zero-order valence-electron chi connectivity index (χ0n) is 6.58. The van der Waals surface area contributed by atoms with Gasteiger partial charge in [0.2, 0.25) is 0 Å². The van der Waals surface area contributed by atoms with Crippen LogP contribution < -0.4 is 5.73 Å². The van der Waals surface area contributed by atoms with E-state index in [0.717, 1.165) is 0 Å². The highest BCUT2D eigenvalue weighted by atomic mass is 16.4. The van der Waals surface area contributed by atoms with E-state index in [1.54, 1.807) is 6.07 Å². The van der Waals surface area contributed by atoms with Crippen molar-refractivity contribution in [1.29, 1.82) is 5.26 Å². The molecule has 1 rings (SSSR count). The Bertz CT molecular complexity index is 352. The van der Waals surface area contributed by atoms with Gasteiger partial charge in [-0.05, 0) is 0 Å². The number of rotatable bonds is 3. The molecule has 1 aromatic rings. The van der Waals surface area contributed by atoms with Crippen LogP contribution in [0.5, 0.6) is 0 Å². The molecular weight excluding hydrogens is 174 g/mol. The molecule has 13 heavy (non-hydrogen) atoms. The third kappa shape index (κ3) is 2.25. The van der Waals surface area contributed by atoms with E-state index in [0.29, 0.717) is 0 Å². The third-order valence-corrected chi connectivity index (χ3v) is 1.34. The molecule has 0 aliphatic rings. The number of nitrogens with two attached hydrogens (primary N) is 1. The quantitative estimate of drug-likeness (QED) is 0.589. The summed E-state index contributed by atoms with van der Waals surface area (Å²) in [5.41, 5.74) is 5.23. The summed E-state index contributed by atoms with van der Waals surface area (Å²) < 4.78 is 1.22. The van der Waals surface area contributed by atoms with Crippen molar-refractivity contribution in [3.05, 3.63) is 12.2 Å². The molecule has 0 aliphatic carbocycles. The number of nitriles is 1. The highest BCUT2D eigenvalue weighted by Gasteiger charge is 2.12. The number of carboxylic acids is 1. The maximum absolute atomic E-state index is 10.3. The molecule has 0 bridgehead atoms. The van der Waals surface area contributed by atoms with E-state index in [1.165, 1.54) is 11.0 Å². The van der Waals surface area contributed by atoms with Gasteiger partial charge in [-0.1, -0.05) is 0 Å². The van der Waals surface area contributed by atoms with E-state index in [-0.39, 0.29) is 12.4 Å². The van der Waals surface area contributed by atoms with Gasteiger partial charge >= 0.3 is 5.97 Å². The average molecular weight is 181 g/mol. The Morgan fingerprint density at radius 2 is 2.62 bits per heavy atom. The molecule has 1 unspecified atom stereocenters. The summed E-state index contributed by atoms with van der Waals surface area (Å²) in [6, 6.07) is 0.684. The third-order valence-electron chi connectivity index (χ3n) is 1.34. The molecule has 1 aromatic heterocycles. The fraction of sp³-hybridized carbons (Fsp3) is 0.333. The summed E-state index contributed by atoms with van der Waals surface area (Å²) in [7, 11) is 0. The standard InChI is InChI=1S/C6H7N5O2/c7-1-5-9-3-11(10-5)2-4(8)6(12)13/h3-4H,2,8H2,(H,12,13). The SMILES string of the molecule is N#Cc1ncn(CC(N)C(=O)O)n1. The van der Waals surface area contributed by atoms with Crippen LogP contribution in [0.25, 0.3) is 0 Å². The maximum atomic E-state index is 10.3. The second-order valence-electron chi connectivity index (χ2n) is 2.35. The lowest BCUT2D eigenvalue weighted by molar-refractivity contribution is -0.138. The summed E-state index contributed by atoms with van der Waals surface area (Å²) >= 11 is 0. The molecule has 0 saturated carbocycles. The Labute approximate surface area is 73.4 Å². The molecule has 7 heteroatoms. The molecule has 0 aromatic carbocycles. The Hall–Kier alpha value is -1.94. The fourth-order valence-corrected chi connectivity index (χ4v) is 0.713. The maximum Gasteiger partial charge on any atom is 0.322 e. The van der Waals surface area contributed by atoms with Gasteiger partial charge in [0.05, 0.1) is 6.54 Å². The number of hydrogen-bond donors (Lipinski definition) is 2. The first-order valence-electron chi connectivity index (χ1n) is 3.41. The molecule has 0 fully saturated rings. The van der Waals surface area contributed by atoms with Gasteiger partial charge in [0.1, 0.15) is 18.4 Å². The zero-order chi connectivity index (χ0) is 9.84. The number of nitrogens with zero attached hydrogens (tertiary/aromatic N) is 4. The predicted molar refractivity (Wildman–Crippen MR) is 40.3 cm³/mol. The number of aliphatic carboxylic acids is 1. The topological polar surface area (TPSA) is 118 Å². The van der Waals surface area contributed by atoms with Crippen LogP contribution >= 0.6 is 0 Å². The van der Waals surface area contributed by atoms with Crippen molar-refractivity contribution in [1.82, 2.24) is 14.8 Å². The molecule has 0 amide bonds. The summed E-state index contributed by atoms with van der Waals surface area (Å²) in [6.45, 7) is 0.00398. The summed E-state index contributed by atoms with van der Waals surface area (Å²) in [6.07, 6.45) is 1.27. The highest BCUT2D eigenvalue weighted by molar-refractivity contribution is 5.72. The van der Waals surface area contributed by atoms with Crippen LogP contribution in [0, 0.1) is 11.3 Å². The second-order valence-corrected chi connectivity index (χ2v) is 2.35. The minimum absolute atomic E-state index is 0.00223. The molecule has 1 atom stereocenters. The van der Waals surface area contributed by atoms with Crippen molar-refractivity contribution in [3.63, 3.8) is 0 Å². The molecule has 1 heterocycles. The van der Waals surface area contributed by atoms with E-state index in [1.807, 2.05) is 0 Å². The first-order chi connectivity index (χ1) is 6.13. The van der Waals surface area contributed by atoms with Crippen molar-refractivity contribution in [3.8, 4) is 6.07 Å². The number of hydrogen-bond acceptors (Lipinski definition) is 5. The van der Waals surface area contributed by atoms with Crippen LogP contribution in [0.4, 0.5) is 0 Å². The normalized spacial score (nSPS) is 12.0. The zero-order valence-corrected chi connectivity index (χ0v) is 6.58. The number of carbonyl (C=O) groups is 1. The van der Waals surface area contributed by atoms with Crippen LogP contribution in [-0.2, 0) is 11.3 Å². The van der Waals surface area contributed by atoms with E-state index in [2.05, 4.69) is 10.1 Å². The van der Waals surface area contributed by atoms with E-state index < -0.39 is 12.0 Å². The first-order valence-corrected chi connectivity index (χ1v) is 3.41. The lowest BCUT2D eigenvalue weighted by Crippen LogP contribution is -2.34. The molecule has 0 radical (unpaired) electrons. The largest absolute Gasteiger partial charge is 0.480 e. The van der Waals surface area contributed by atoms with Gasteiger partial charge in [-0.15, -0.1) is 5.10 Å². The molecule has 68 valence electrons. The summed E-state index contributed by atoms with van der Waals surface area (Å²) in [4.78, 5) is 13.9. The van der Waals surface area contributed by atoms with Gasteiger partial charge in [-0.3, -0.25) is 4.79 Å². The van der Waals surface area contributed by atoms with Crippen molar-refractivity contribution < 1.29 is 9.90 Å². The van der Waals surface area contributed by atoms with Gasteiger partial charge in [0, 0.05) is 0 Å². The lowest BCUT2D eigenvalue weighted by Gasteiger charge is -2.04. The Morgan fingerprint density at radius 3 is 3.08 bits per heavy atom. The van der Waals surface area contributed by atoms with Gasteiger partial charge in [0.15, 0.2) is 0 Å². The van der Waals surface area contributed by atoms with E-state index >= 15 is 0 Å². The van der Waals surface area contributed by atoms with Gasteiger partial charge in [-0.25, -0.2) is 9.67 Å². The average Bonchev–Trinajstić information content (AvgIpc) is 2.52. The Balaban J connectivity index is 2.65. The first kappa shape index (κ1) is 9.15. The molecule has 3 N–H and O–H groups in total. The Kier molecular flexibility index (Phi) is 2.56. The predicted octanol–water partition coefficient (Wildman–Crippen LogP) is -1.44. The minimum atomic E-state index is -1.12. The van der Waals surface area contributed by atoms with Crippen LogP contribution in [0.15, 0.2) is 6.33 Å². The summed E-state index contributed by atoms with van der Waals surface area (Å²) in [5.74, 6) is -1.12. The van der Waals surface area contributed by atoms with Crippen LogP contribution in [-0.4, -0.2) is 31.9 Å². The van der Waals surface area contributed by atoms with Gasteiger partial charge in [-0.2, -0.15) is 5.26 Å². The molecular formula is C6H7N5O2. The molecule has 0 saturated heterocycles. The lowest BCUT2D eigenvalue weighted by atomic mass is 10.3. The van der Waals surface area contributed by atoms with Crippen molar-refractivity contribution in [2.75, 3.05) is 0 Å². The Morgan fingerprint density at radius 1 is 1.92 bits per heavy atom. The fourth-order valence-electron chi connectivity index (χ4n) is 0.713. The molecule has 7 nitrogen and oxygen atoms in total. The minimum Gasteiger partial charge on any atom is -0.480 e. The monoisotopic (exact) mass is 181 g/mol.